The van der Waals surface area contributed by atoms with E-state index in [-0.39, 0.29) is 28.4 Å². The van der Waals surface area contributed by atoms with Crippen LogP contribution in [0, 0.1) is 6.92 Å². The van der Waals surface area contributed by atoms with Crippen LogP contribution in [0.25, 0.3) is 0 Å². The van der Waals surface area contributed by atoms with Gasteiger partial charge >= 0.3 is 18.0 Å². The molecule has 0 atom stereocenters. The smallest absolute Gasteiger partial charge is 0.335 e. The second kappa shape index (κ2) is 7.49. The highest BCUT2D eigenvalue weighted by molar-refractivity contribution is 7.90. The molecule has 0 unspecified atom stereocenters. The maximum atomic E-state index is 12.2. The monoisotopic (exact) mass is 401 g/mol. The molecule has 13 heteroatoms. The van der Waals surface area contributed by atoms with Crippen molar-refractivity contribution in [2.24, 2.45) is 0 Å². The minimum Gasteiger partial charge on any atom is -0.478 e. The van der Waals surface area contributed by atoms with E-state index in [1.54, 1.807) is 4.72 Å². The van der Waals surface area contributed by atoms with Crippen molar-refractivity contribution in [1.29, 1.82) is 0 Å². The van der Waals surface area contributed by atoms with Gasteiger partial charge in [-0.25, -0.2) is 22.7 Å². The summed E-state index contributed by atoms with van der Waals surface area (Å²) in [5.74, 6) is -1.27. The molecule has 1 aromatic carbocycles. The van der Waals surface area contributed by atoms with Gasteiger partial charge in [-0.1, -0.05) is 11.6 Å². The first-order valence-corrected chi connectivity index (χ1v) is 8.62. The van der Waals surface area contributed by atoms with Gasteiger partial charge in [-0.15, -0.1) is 0 Å². The molecule has 2 rings (SSSR count). The fourth-order valence-electron chi connectivity index (χ4n) is 1.76. The molecule has 0 saturated heterocycles. The molecule has 0 aliphatic rings. The number of hydrogen-bond donors (Lipinski definition) is 3. The number of hydrogen-bond acceptors (Lipinski definition) is 8. The molecule has 0 aliphatic heterocycles. The van der Waals surface area contributed by atoms with Crippen LogP contribution in [0.3, 0.4) is 0 Å². The lowest BCUT2D eigenvalue weighted by Crippen LogP contribution is -2.35. The molecule has 0 aliphatic carbocycles. The number of aromatic nitrogens is 3. The van der Waals surface area contributed by atoms with E-state index in [2.05, 4.69) is 20.3 Å². The van der Waals surface area contributed by atoms with Gasteiger partial charge in [0.25, 0.3) is 10.0 Å². The van der Waals surface area contributed by atoms with Gasteiger partial charge in [0, 0.05) is 0 Å². The fraction of sp³-hybridized carbons (Fsp3) is 0.154. The summed E-state index contributed by atoms with van der Waals surface area (Å²) in [4.78, 5) is 33.7. The fourth-order valence-corrected chi connectivity index (χ4v) is 3.21. The Balaban J connectivity index is 2.20. The Hall–Kier alpha value is -2.99. The number of carbonyl (C=O) groups excluding carboxylic acids is 1. The number of nitrogens with one attached hydrogen (secondary N) is 2. The number of carboxylic acid groups (broad SMARTS) is 1. The zero-order chi connectivity index (χ0) is 19.5. The maximum Gasteiger partial charge on any atom is 0.335 e. The molecule has 0 fully saturated rings. The molecule has 26 heavy (non-hydrogen) atoms. The first-order chi connectivity index (χ1) is 12.1. The molecule has 0 spiro atoms. The molecule has 1 aromatic heterocycles. The van der Waals surface area contributed by atoms with Crippen LogP contribution in [0.1, 0.15) is 16.2 Å². The molecule has 0 bridgehead atoms. The van der Waals surface area contributed by atoms with E-state index in [1.165, 1.54) is 14.0 Å². The number of carbonyl (C=O) groups is 2. The number of methoxy groups -OCH3 is 1. The second-order valence-electron chi connectivity index (χ2n) is 4.70. The summed E-state index contributed by atoms with van der Waals surface area (Å²) < 4.78 is 31.0. The predicted molar refractivity (Wildman–Crippen MR) is 88.9 cm³/mol. The quantitative estimate of drug-likeness (QED) is 0.664. The second-order valence-corrected chi connectivity index (χ2v) is 6.76. The molecule has 138 valence electrons. The lowest BCUT2D eigenvalue weighted by atomic mass is 10.2. The number of aromatic carboxylic acids is 1. The number of halogens is 1. The molecule has 0 saturated carbocycles. The summed E-state index contributed by atoms with van der Waals surface area (Å²) in [5, 5.41) is 10.6. The zero-order valence-electron chi connectivity index (χ0n) is 13.3. The van der Waals surface area contributed by atoms with E-state index < -0.39 is 26.9 Å². The van der Waals surface area contributed by atoms with Crippen molar-refractivity contribution in [2.45, 2.75) is 11.8 Å². The van der Waals surface area contributed by atoms with Gasteiger partial charge in [-0.05, 0) is 25.1 Å². The van der Waals surface area contributed by atoms with Gasteiger partial charge in [0.1, 0.15) is 10.7 Å². The molecule has 3 N–H and O–H groups in total. The number of carboxylic acids is 1. The Morgan fingerprint density at radius 3 is 2.50 bits per heavy atom. The van der Waals surface area contributed by atoms with Gasteiger partial charge in [0.15, 0.2) is 0 Å². The van der Waals surface area contributed by atoms with E-state index in [4.69, 9.17) is 21.4 Å². The summed E-state index contributed by atoms with van der Waals surface area (Å²) >= 11 is 5.80. The van der Waals surface area contributed by atoms with Crippen LogP contribution in [-0.4, -0.2) is 47.6 Å². The average molecular weight is 402 g/mol. The number of aryl methyl sites for hydroxylation is 1. The van der Waals surface area contributed by atoms with Crippen LogP contribution < -0.4 is 14.8 Å². The Bertz CT molecular complexity index is 981. The normalized spacial score (nSPS) is 10.9. The summed E-state index contributed by atoms with van der Waals surface area (Å²) in [6, 6.07) is 1.74. The standard InChI is InChI=1S/C13H12ClN5O6S/c1-6-15-11(18-13(16-6)25-2)17-12(22)19-26(23,24)9-4-3-7(10(20)21)5-8(9)14/h3-5H,1-2H3,(H,20,21)(H2,15,16,17,18,19,22). The van der Waals surface area contributed by atoms with Crippen LogP contribution in [-0.2, 0) is 10.0 Å². The lowest BCUT2D eigenvalue weighted by Gasteiger charge is -2.10. The van der Waals surface area contributed by atoms with Crippen LogP contribution in [0.4, 0.5) is 10.7 Å². The van der Waals surface area contributed by atoms with Crippen LogP contribution >= 0.6 is 11.6 Å². The Morgan fingerprint density at radius 2 is 1.92 bits per heavy atom. The van der Waals surface area contributed by atoms with E-state index in [1.807, 2.05) is 0 Å². The highest BCUT2D eigenvalue weighted by Gasteiger charge is 2.22. The van der Waals surface area contributed by atoms with Crippen LogP contribution in [0.2, 0.25) is 5.02 Å². The Labute approximate surface area is 152 Å². The van der Waals surface area contributed by atoms with Gasteiger partial charge in [-0.2, -0.15) is 15.0 Å². The number of nitrogens with zero attached hydrogens (tertiary/aromatic N) is 3. The molecular weight excluding hydrogens is 390 g/mol. The number of anilines is 1. The van der Waals surface area contributed by atoms with Gasteiger partial charge in [0.2, 0.25) is 5.95 Å². The maximum absolute atomic E-state index is 12.2. The number of amides is 2. The van der Waals surface area contributed by atoms with Crippen molar-refractivity contribution in [1.82, 2.24) is 19.7 Å². The minimum absolute atomic E-state index is 0.0667. The number of sulfonamides is 1. The summed E-state index contributed by atoms with van der Waals surface area (Å²) in [6.45, 7) is 1.52. The van der Waals surface area contributed by atoms with Crippen molar-refractivity contribution in [3.8, 4) is 6.01 Å². The molecule has 1 heterocycles. The molecule has 2 amide bonds. The van der Waals surface area contributed by atoms with Crippen molar-refractivity contribution in [3.05, 3.63) is 34.6 Å². The van der Waals surface area contributed by atoms with E-state index >= 15 is 0 Å². The molecule has 0 radical (unpaired) electrons. The number of benzene rings is 1. The Morgan fingerprint density at radius 1 is 1.23 bits per heavy atom. The summed E-state index contributed by atoms with van der Waals surface area (Å²) in [6.07, 6.45) is 0. The van der Waals surface area contributed by atoms with Crippen molar-refractivity contribution >= 4 is 39.6 Å². The third-order valence-electron chi connectivity index (χ3n) is 2.83. The van der Waals surface area contributed by atoms with E-state index in [0.29, 0.717) is 0 Å². The molecular formula is C13H12ClN5O6S. The summed E-state index contributed by atoms with van der Waals surface area (Å²) in [5.41, 5.74) is -0.203. The highest BCUT2D eigenvalue weighted by Crippen LogP contribution is 2.22. The van der Waals surface area contributed by atoms with Gasteiger partial charge in [0.05, 0.1) is 17.7 Å². The topological polar surface area (TPSA) is 160 Å². The third-order valence-corrected chi connectivity index (χ3v) is 4.64. The summed E-state index contributed by atoms with van der Waals surface area (Å²) in [7, 11) is -3.06. The number of rotatable bonds is 5. The zero-order valence-corrected chi connectivity index (χ0v) is 14.9. The SMILES string of the molecule is COc1nc(C)nc(NC(=O)NS(=O)(=O)c2ccc(C(=O)O)cc2Cl)n1. The Kier molecular flexibility index (Phi) is 5.57. The molecule has 11 nitrogen and oxygen atoms in total. The lowest BCUT2D eigenvalue weighted by molar-refractivity contribution is 0.0696. The first-order valence-electron chi connectivity index (χ1n) is 6.75. The van der Waals surface area contributed by atoms with Crippen molar-refractivity contribution < 1.29 is 27.9 Å². The minimum atomic E-state index is -4.37. The first kappa shape index (κ1) is 19.3. The number of ether oxygens (including phenoxy) is 1. The molecule has 2 aromatic rings. The predicted octanol–water partition coefficient (Wildman–Crippen LogP) is 1.05. The number of urea groups is 1. The van der Waals surface area contributed by atoms with Crippen molar-refractivity contribution in [3.63, 3.8) is 0 Å². The van der Waals surface area contributed by atoms with Gasteiger partial charge in [-0.3, -0.25) is 5.32 Å². The van der Waals surface area contributed by atoms with E-state index in [9.17, 15) is 18.0 Å². The highest BCUT2D eigenvalue weighted by atomic mass is 35.5. The van der Waals surface area contributed by atoms with Gasteiger partial charge < -0.3 is 9.84 Å². The largest absolute Gasteiger partial charge is 0.478 e. The average Bonchev–Trinajstić information content (AvgIpc) is 2.52. The van der Waals surface area contributed by atoms with Crippen molar-refractivity contribution in [2.75, 3.05) is 12.4 Å². The third kappa shape index (κ3) is 4.55. The van der Waals surface area contributed by atoms with Crippen LogP contribution in [0.15, 0.2) is 23.1 Å². The van der Waals surface area contributed by atoms with Crippen LogP contribution in [0.5, 0.6) is 6.01 Å². The van der Waals surface area contributed by atoms with E-state index in [0.717, 1.165) is 18.2 Å².